The fourth-order valence-electron chi connectivity index (χ4n) is 2.27. The summed E-state index contributed by atoms with van der Waals surface area (Å²) in [5.74, 6) is 1.42. The van der Waals surface area contributed by atoms with Gasteiger partial charge in [-0.2, -0.15) is 0 Å². The molecule has 4 heteroatoms. The van der Waals surface area contributed by atoms with E-state index in [9.17, 15) is 4.39 Å². The maximum absolute atomic E-state index is 12.8. The van der Waals surface area contributed by atoms with Gasteiger partial charge in [0.2, 0.25) is 6.79 Å². The minimum absolute atomic E-state index is 0.00294. The number of alkyl halides is 1. The molecule has 0 unspecified atom stereocenters. The van der Waals surface area contributed by atoms with Gasteiger partial charge in [0.15, 0.2) is 11.5 Å². The van der Waals surface area contributed by atoms with Gasteiger partial charge in [0.05, 0.1) is 0 Å². The highest BCUT2D eigenvalue weighted by atomic mass is 19.1. The molecule has 3 nitrogen and oxygen atoms in total. The molecule has 1 aliphatic heterocycles. The summed E-state index contributed by atoms with van der Waals surface area (Å²) in [6, 6.07) is 3.58. The summed E-state index contributed by atoms with van der Waals surface area (Å²) in [6.45, 7) is 0.321. The first-order valence-electron chi connectivity index (χ1n) is 5.48. The molecule has 1 heterocycles. The maximum Gasteiger partial charge on any atom is 0.231 e. The van der Waals surface area contributed by atoms with Crippen molar-refractivity contribution < 1.29 is 13.9 Å². The summed E-state index contributed by atoms with van der Waals surface area (Å²) in [5.41, 5.74) is 7.46. The zero-order chi connectivity index (χ0) is 11.2. The monoisotopic (exact) mass is 223 g/mol. The van der Waals surface area contributed by atoms with Crippen LogP contribution in [0.15, 0.2) is 12.1 Å². The van der Waals surface area contributed by atoms with Crippen LogP contribution < -0.4 is 15.2 Å². The Hall–Kier alpha value is -1.29. The van der Waals surface area contributed by atoms with Gasteiger partial charge in [-0.15, -0.1) is 0 Å². The van der Waals surface area contributed by atoms with Crippen LogP contribution in [0.2, 0.25) is 0 Å². The molecule has 0 radical (unpaired) electrons. The first-order valence-corrected chi connectivity index (χ1v) is 5.48. The number of benzene rings is 1. The van der Waals surface area contributed by atoms with E-state index in [0.717, 1.165) is 24.2 Å². The molecule has 0 spiro atoms. The van der Waals surface area contributed by atoms with Gasteiger partial charge in [-0.05, 0) is 30.5 Å². The number of fused-ring (bicyclic) bond motifs is 1. The average molecular weight is 223 g/mol. The van der Waals surface area contributed by atoms with Crippen molar-refractivity contribution in [3.63, 3.8) is 0 Å². The van der Waals surface area contributed by atoms with Crippen LogP contribution in [0.5, 0.6) is 11.5 Å². The van der Waals surface area contributed by atoms with Crippen molar-refractivity contribution in [2.45, 2.75) is 24.9 Å². The van der Waals surface area contributed by atoms with Crippen molar-refractivity contribution >= 4 is 0 Å². The fourth-order valence-corrected chi connectivity index (χ4v) is 2.27. The Kier molecular flexibility index (Phi) is 2.07. The Bertz CT molecular complexity index is 429. The SMILES string of the molecule is NCC1(c2cc(CF)cc3c2OCO3)CC1. The predicted molar refractivity (Wildman–Crippen MR) is 57.3 cm³/mol. The third kappa shape index (κ3) is 1.29. The molecule has 0 atom stereocenters. The number of hydrogen-bond acceptors (Lipinski definition) is 3. The van der Waals surface area contributed by atoms with Crippen LogP contribution in [0.4, 0.5) is 4.39 Å². The van der Waals surface area contributed by atoms with Crippen molar-refractivity contribution in [3.05, 3.63) is 23.3 Å². The van der Waals surface area contributed by atoms with Crippen LogP contribution in [0.3, 0.4) is 0 Å². The van der Waals surface area contributed by atoms with E-state index in [1.807, 2.05) is 6.07 Å². The fraction of sp³-hybridized carbons (Fsp3) is 0.500. The lowest BCUT2D eigenvalue weighted by atomic mass is 9.93. The highest BCUT2D eigenvalue weighted by molar-refractivity contribution is 5.55. The van der Waals surface area contributed by atoms with Gasteiger partial charge >= 0.3 is 0 Å². The van der Waals surface area contributed by atoms with E-state index in [2.05, 4.69) is 0 Å². The van der Waals surface area contributed by atoms with Crippen LogP contribution in [-0.2, 0) is 12.1 Å². The smallest absolute Gasteiger partial charge is 0.231 e. The number of hydrogen-bond donors (Lipinski definition) is 1. The average Bonchev–Trinajstić information content (AvgIpc) is 2.98. The third-order valence-electron chi connectivity index (χ3n) is 3.50. The molecule has 1 aliphatic carbocycles. The maximum atomic E-state index is 12.8. The molecular formula is C12H14FNO2. The van der Waals surface area contributed by atoms with Gasteiger partial charge in [-0.1, -0.05) is 0 Å². The van der Waals surface area contributed by atoms with Crippen LogP contribution in [0, 0.1) is 0 Å². The summed E-state index contributed by atoms with van der Waals surface area (Å²) in [4.78, 5) is 0. The van der Waals surface area contributed by atoms with Gasteiger partial charge < -0.3 is 15.2 Å². The Labute approximate surface area is 93.3 Å². The summed E-state index contributed by atoms with van der Waals surface area (Å²) >= 11 is 0. The Morgan fingerprint density at radius 1 is 1.31 bits per heavy atom. The topological polar surface area (TPSA) is 44.5 Å². The number of nitrogens with two attached hydrogens (primary N) is 1. The molecule has 86 valence electrons. The standard InChI is InChI=1S/C12H14FNO2/c13-5-8-3-9(12(6-14)1-2-12)11-10(4-8)15-7-16-11/h3-4H,1-2,5-7,14H2. The quantitative estimate of drug-likeness (QED) is 0.850. The van der Waals surface area contributed by atoms with Gasteiger partial charge in [-0.25, -0.2) is 4.39 Å². The predicted octanol–water partition coefficient (Wildman–Crippen LogP) is 1.88. The van der Waals surface area contributed by atoms with Crippen molar-refractivity contribution in [2.24, 2.45) is 5.73 Å². The number of ether oxygens (including phenoxy) is 2. The first-order chi connectivity index (χ1) is 7.79. The molecule has 1 aromatic carbocycles. The second-order valence-corrected chi connectivity index (χ2v) is 4.50. The normalized spacial score (nSPS) is 19.9. The molecule has 2 aliphatic rings. The van der Waals surface area contributed by atoms with Crippen molar-refractivity contribution in [2.75, 3.05) is 13.3 Å². The van der Waals surface area contributed by atoms with Gasteiger partial charge in [0.25, 0.3) is 0 Å². The zero-order valence-electron chi connectivity index (χ0n) is 8.96. The highest BCUT2D eigenvalue weighted by Crippen LogP contribution is 2.54. The molecule has 2 N–H and O–H groups in total. The van der Waals surface area contributed by atoms with E-state index in [0.29, 0.717) is 17.9 Å². The molecule has 1 aromatic rings. The van der Waals surface area contributed by atoms with E-state index in [1.54, 1.807) is 6.07 Å². The summed E-state index contributed by atoms with van der Waals surface area (Å²) in [7, 11) is 0. The Morgan fingerprint density at radius 3 is 2.75 bits per heavy atom. The molecule has 3 rings (SSSR count). The zero-order valence-corrected chi connectivity index (χ0v) is 8.96. The van der Waals surface area contributed by atoms with Crippen LogP contribution >= 0.6 is 0 Å². The van der Waals surface area contributed by atoms with E-state index < -0.39 is 6.67 Å². The van der Waals surface area contributed by atoms with E-state index in [-0.39, 0.29) is 12.2 Å². The molecule has 1 fully saturated rings. The van der Waals surface area contributed by atoms with Gasteiger partial charge in [-0.3, -0.25) is 0 Å². The lowest BCUT2D eigenvalue weighted by Crippen LogP contribution is -2.20. The van der Waals surface area contributed by atoms with Gasteiger partial charge in [0, 0.05) is 17.5 Å². The molecular weight excluding hydrogens is 209 g/mol. The first kappa shape index (κ1) is 9.90. The molecule has 0 amide bonds. The molecule has 1 saturated carbocycles. The minimum atomic E-state index is -0.482. The molecule has 0 bridgehead atoms. The van der Waals surface area contributed by atoms with Crippen molar-refractivity contribution in [1.82, 2.24) is 0 Å². The Balaban J connectivity index is 2.12. The van der Waals surface area contributed by atoms with E-state index in [1.165, 1.54) is 0 Å². The molecule has 0 saturated heterocycles. The number of rotatable bonds is 3. The van der Waals surface area contributed by atoms with Crippen LogP contribution in [0.1, 0.15) is 24.0 Å². The van der Waals surface area contributed by atoms with Gasteiger partial charge in [0.1, 0.15) is 6.67 Å². The minimum Gasteiger partial charge on any atom is -0.454 e. The largest absolute Gasteiger partial charge is 0.454 e. The second kappa shape index (κ2) is 3.35. The third-order valence-corrected chi connectivity index (χ3v) is 3.50. The highest BCUT2D eigenvalue weighted by Gasteiger charge is 2.46. The van der Waals surface area contributed by atoms with E-state index in [4.69, 9.17) is 15.2 Å². The lowest BCUT2D eigenvalue weighted by Gasteiger charge is -2.16. The van der Waals surface area contributed by atoms with Crippen LogP contribution in [0.25, 0.3) is 0 Å². The van der Waals surface area contributed by atoms with Crippen molar-refractivity contribution in [3.8, 4) is 11.5 Å². The molecule has 0 aromatic heterocycles. The summed E-state index contributed by atoms with van der Waals surface area (Å²) in [6.07, 6.45) is 2.10. The summed E-state index contributed by atoms with van der Waals surface area (Å²) < 4.78 is 23.5. The Morgan fingerprint density at radius 2 is 2.12 bits per heavy atom. The summed E-state index contributed by atoms with van der Waals surface area (Å²) in [5, 5.41) is 0. The van der Waals surface area contributed by atoms with E-state index >= 15 is 0 Å². The second-order valence-electron chi connectivity index (χ2n) is 4.50. The number of halogens is 1. The van der Waals surface area contributed by atoms with Crippen LogP contribution in [-0.4, -0.2) is 13.3 Å². The molecule has 16 heavy (non-hydrogen) atoms. The lowest BCUT2D eigenvalue weighted by molar-refractivity contribution is 0.172. The van der Waals surface area contributed by atoms with Crippen molar-refractivity contribution in [1.29, 1.82) is 0 Å².